The van der Waals surface area contributed by atoms with Crippen molar-refractivity contribution in [1.29, 1.82) is 0 Å². The van der Waals surface area contributed by atoms with E-state index in [0.29, 0.717) is 17.8 Å². The van der Waals surface area contributed by atoms with Crippen molar-refractivity contribution in [1.82, 2.24) is 4.90 Å². The molecule has 0 aliphatic carbocycles. The molecule has 0 spiro atoms. The Morgan fingerprint density at radius 3 is 2.84 bits per heavy atom. The maximum atomic E-state index is 13.9. The van der Waals surface area contributed by atoms with Gasteiger partial charge in [-0.25, -0.2) is 4.39 Å². The van der Waals surface area contributed by atoms with E-state index < -0.39 is 11.7 Å². The van der Waals surface area contributed by atoms with Crippen molar-refractivity contribution in [3.63, 3.8) is 0 Å². The zero-order chi connectivity index (χ0) is 14.0. The summed E-state index contributed by atoms with van der Waals surface area (Å²) in [6.07, 6.45) is 3.07. The van der Waals surface area contributed by atoms with Crippen LogP contribution < -0.4 is 5.73 Å². The molecule has 19 heavy (non-hydrogen) atoms. The lowest BCUT2D eigenvalue weighted by molar-refractivity contribution is 0.0780. The maximum absolute atomic E-state index is 13.9. The van der Waals surface area contributed by atoms with Gasteiger partial charge in [-0.15, -0.1) is 0 Å². The van der Waals surface area contributed by atoms with Crippen LogP contribution in [0.3, 0.4) is 0 Å². The van der Waals surface area contributed by atoms with E-state index in [0.717, 1.165) is 5.56 Å². The van der Waals surface area contributed by atoms with E-state index in [1.165, 1.54) is 23.3 Å². The van der Waals surface area contributed by atoms with Gasteiger partial charge < -0.3 is 15.1 Å². The number of aryl methyl sites for hydroxylation is 1. The van der Waals surface area contributed by atoms with Crippen LogP contribution in [0.2, 0.25) is 0 Å². The van der Waals surface area contributed by atoms with E-state index in [1.54, 1.807) is 26.3 Å². The quantitative estimate of drug-likeness (QED) is 0.865. The summed E-state index contributed by atoms with van der Waals surface area (Å²) >= 11 is 0. The highest BCUT2D eigenvalue weighted by Gasteiger charge is 2.18. The summed E-state index contributed by atoms with van der Waals surface area (Å²) in [5.74, 6) is -0.938. The third-order valence-electron chi connectivity index (χ3n) is 2.85. The molecule has 1 aromatic heterocycles. The average Bonchev–Trinajstić information content (AvgIpc) is 2.85. The molecule has 2 aromatic rings. The summed E-state index contributed by atoms with van der Waals surface area (Å²) in [4.78, 5) is 13.6. The fourth-order valence-corrected chi connectivity index (χ4v) is 1.89. The lowest BCUT2D eigenvalue weighted by Gasteiger charge is -2.17. The van der Waals surface area contributed by atoms with Gasteiger partial charge in [0.1, 0.15) is 5.82 Å². The van der Waals surface area contributed by atoms with Crippen LogP contribution in [0.1, 0.15) is 21.5 Å². The van der Waals surface area contributed by atoms with Crippen LogP contribution in [0, 0.1) is 12.7 Å². The minimum atomic E-state index is -0.529. The zero-order valence-electron chi connectivity index (χ0n) is 10.8. The van der Waals surface area contributed by atoms with Gasteiger partial charge in [0.2, 0.25) is 0 Å². The number of rotatable bonds is 3. The molecule has 0 fully saturated rings. The second-order valence-electron chi connectivity index (χ2n) is 4.49. The standard InChI is InChI=1S/C14H15FN2O2/c1-9-5-11(16)6-12(13(9)15)14(18)17(2)7-10-3-4-19-8-10/h3-6,8H,7,16H2,1-2H3. The number of nitrogens with zero attached hydrogens (tertiary/aromatic N) is 1. The third-order valence-corrected chi connectivity index (χ3v) is 2.85. The van der Waals surface area contributed by atoms with Crippen LogP contribution in [0.5, 0.6) is 0 Å². The molecular formula is C14H15FN2O2. The van der Waals surface area contributed by atoms with E-state index in [2.05, 4.69) is 0 Å². The summed E-state index contributed by atoms with van der Waals surface area (Å²) in [7, 11) is 1.60. The van der Waals surface area contributed by atoms with E-state index in [1.807, 2.05) is 0 Å². The number of furan rings is 1. The van der Waals surface area contributed by atoms with Crippen molar-refractivity contribution in [2.45, 2.75) is 13.5 Å². The SMILES string of the molecule is Cc1cc(N)cc(C(=O)N(C)Cc2ccoc2)c1F. The Balaban J connectivity index is 2.24. The number of amides is 1. The molecule has 0 unspecified atom stereocenters. The van der Waals surface area contributed by atoms with Gasteiger partial charge in [0.05, 0.1) is 18.1 Å². The first kappa shape index (κ1) is 13.1. The van der Waals surface area contributed by atoms with Crippen LogP contribution in [0.25, 0.3) is 0 Å². The number of hydrogen-bond acceptors (Lipinski definition) is 3. The molecule has 0 saturated heterocycles. The lowest BCUT2D eigenvalue weighted by Crippen LogP contribution is -2.27. The molecule has 0 aliphatic heterocycles. The molecule has 1 amide bonds. The van der Waals surface area contributed by atoms with Gasteiger partial charge in [0.15, 0.2) is 0 Å². The molecule has 100 valence electrons. The summed E-state index contributed by atoms with van der Waals surface area (Å²) in [6.45, 7) is 1.93. The smallest absolute Gasteiger partial charge is 0.256 e. The molecule has 4 nitrogen and oxygen atoms in total. The van der Waals surface area contributed by atoms with Crippen LogP contribution >= 0.6 is 0 Å². The highest BCUT2D eigenvalue weighted by Crippen LogP contribution is 2.19. The zero-order valence-corrected chi connectivity index (χ0v) is 10.8. The predicted molar refractivity (Wildman–Crippen MR) is 70.1 cm³/mol. The summed E-state index contributed by atoms with van der Waals surface area (Å²) in [5, 5.41) is 0. The Kier molecular flexibility index (Phi) is 3.55. The van der Waals surface area contributed by atoms with Crippen molar-refractivity contribution in [3.8, 4) is 0 Å². The molecule has 1 aromatic carbocycles. The Bertz CT molecular complexity index is 594. The van der Waals surface area contributed by atoms with E-state index in [9.17, 15) is 9.18 Å². The topological polar surface area (TPSA) is 59.5 Å². The number of carbonyl (C=O) groups is 1. The van der Waals surface area contributed by atoms with Crippen molar-refractivity contribution in [2.75, 3.05) is 12.8 Å². The van der Waals surface area contributed by atoms with Crippen LogP contribution in [-0.4, -0.2) is 17.9 Å². The second kappa shape index (κ2) is 5.14. The molecule has 0 aliphatic rings. The summed E-state index contributed by atoms with van der Waals surface area (Å²) in [6, 6.07) is 4.61. The molecular weight excluding hydrogens is 247 g/mol. The largest absolute Gasteiger partial charge is 0.472 e. The van der Waals surface area contributed by atoms with Crippen molar-refractivity contribution in [2.24, 2.45) is 0 Å². The minimum Gasteiger partial charge on any atom is -0.472 e. The van der Waals surface area contributed by atoms with Crippen molar-refractivity contribution >= 4 is 11.6 Å². The number of halogens is 1. The number of carbonyl (C=O) groups excluding carboxylic acids is 1. The third kappa shape index (κ3) is 2.76. The Morgan fingerprint density at radius 1 is 1.47 bits per heavy atom. The van der Waals surface area contributed by atoms with Crippen LogP contribution in [0.4, 0.5) is 10.1 Å². The Hall–Kier alpha value is -2.30. The van der Waals surface area contributed by atoms with Crippen LogP contribution in [-0.2, 0) is 6.54 Å². The van der Waals surface area contributed by atoms with E-state index in [4.69, 9.17) is 10.2 Å². The first-order chi connectivity index (χ1) is 8.99. The molecule has 0 bridgehead atoms. The molecule has 0 atom stereocenters. The summed E-state index contributed by atoms with van der Waals surface area (Å²) < 4.78 is 18.9. The highest BCUT2D eigenvalue weighted by molar-refractivity contribution is 5.95. The fourth-order valence-electron chi connectivity index (χ4n) is 1.89. The molecule has 0 saturated carbocycles. The fraction of sp³-hybridized carbons (Fsp3) is 0.214. The van der Waals surface area contributed by atoms with Gasteiger partial charge in [0, 0.05) is 24.8 Å². The Morgan fingerprint density at radius 2 is 2.21 bits per heavy atom. The van der Waals surface area contributed by atoms with Crippen molar-refractivity contribution in [3.05, 3.63) is 53.2 Å². The molecule has 5 heteroatoms. The first-order valence-corrected chi connectivity index (χ1v) is 5.81. The lowest BCUT2D eigenvalue weighted by atomic mass is 10.1. The molecule has 1 heterocycles. The van der Waals surface area contributed by atoms with Gasteiger partial charge in [-0.2, -0.15) is 0 Å². The highest BCUT2D eigenvalue weighted by atomic mass is 19.1. The van der Waals surface area contributed by atoms with Gasteiger partial charge in [0.25, 0.3) is 5.91 Å². The van der Waals surface area contributed by atoms with Crippen molar-refractivity contribution < 1.29 is 13.6 Å². The van der Waals surface area contributed by atoms with E-state index in [-0.39, 0.29) is 5.56 Å². The van der Waals surface area contributed by atoms with Gasteiger partial charge in [-0.05, 0) is 30.7 Å². The Labute approximate surface area is 110 Å². The molecule has 2 N–H and O–H groups in total. The van der Waals surface area contributed by atoms with Gasteiger partial charge in [-0.1, -0.05) is 0 Å². The van der Waals surface area contributed by atoms with Gasteiger partial charge >= 0.3 is 0 Å². The predicted octanol–water partition coefficient (Wildman–Crippen LogP) is 2.58. The average molecular weight is 262 g/mol. The monoisotopic (exact) mass is 262 g/mol. The normalized spacial score (nSPS) is 10.5. The molecule has 2 rings (SSSR count). The minimum absolute atomic E-state index is 0.0107. The maximum Gasteiger partial charge on any atom is 0.256 e. The van der Waals surface area contributed by atoms with Crippen LogP contribution in [0.15, 0.2) is 35.1 Å². The van der Waals surface area contributed by atoms with Gasteiger partial charge in [-0.3, -0.25) is 4.79 Å². The molecule has 0 radical (unpaired) electrons. The second-order valence-corrected chi connectivity index (χ2v) is 4.49. The number of nitrogens with two attached hydrogens (primary N) is 1. The van der Waals surface area contributed by atoms with E-state index >= 15 is 0 Å². The number of anilines is 1. The number of nitrogen functional groups attached to an aromatic ring is 1. The number of hydrogen-bond donors (Lipinski definition) is 1. The number of benzene rings is 1. The first-order valence-electron chi connectivity index (χ1n) is 5.81. The summed E-state index contributed by atoms with van der Waals surface area (Å²) in [5.41, 5.74) is 7.22.